The standard InChI is InChI=1S/C3H6O.N2/c1-2-3-4;1-2/h3H,2H2,1H3;. The van der Waals surface area contributed by atoms with Gasteiger partial charge in [-0.2, -0.15) is 0 Å². The number of hydrogen-bond donors (Lipinski definition) is 0. The fourth-order valence-electron chi connectivity index (χ4n) is 0. The van der Waals surface area contributed by atoms with Crippen LogP contribution in [0, 0.1) is 10.8 Å². The molecule has 34 valence electrons. The van der Waals surface area contributed by atoms with E-state index in [2.05, 4.69) is 0 Å². The van der Waals surface area contributed by atoms with Crippen molar-refractivity contribution in [2.24, 2.45) is 0 Å². The zero-order valence-corrected chi connectivity index (χ0v) is 3.59. The molecule has 0 aliphatic carbocycles. The van der Waals surface area contributed by atoms with Crippen LogP contribution < -0.4 is 0 Å². The fraction of sp³-hybridized carbons (Fsp3) is 0.667. The van der Waals surface area contributed by atoms with Crippen LogP contribution in [-0.4, -0.2) is 6.29 Å². The second kappa shape index (κ2) is 32.9. The summed E-state index contributed by atoms with van der Waals surface area (Å²) in [5, 5.41) is 12.0. The van der Waals surface area contributed by atoms with E-state index in [4.69, 9.17) is 10.8 Å². The van der Waals surface area contributed by atoms with Crippen LogP contribution in [-0.2, 0) is 4.79 Å². The largest absolute Gasteiger partial charge is 0.303 e. The molecule has 0 fully saturated rings. The Labute approximate surface area is 36.4 Å². The lowest BCUT2D eigenvalue weighted by Crippen LogP contribution is -1.55. The van der Waals surface area contributed by atoms with Crippen molar-refractivity contribution in [1.82, 2.24) is 0 Å². The molecule has 0 aromatic rings. The molecule has 0 saturated heterocycles. The van der Waals surface area contributed by atoms with Crippen LogP contribution in [0.5, 0.6) is 0 Å². The highest BCUT2D eigenvalue weighted by atomic mass is 16.1. The van der Waals surface area contributed by atoms with Crippen LogP contribution in [0.25, 0.3) is 0 Å². The van der Waals surface area contributed by atoms with E-state index in [1.54, 1.807) is 0 Å². The molecule has 3 heteroatoms. The van der Waals surface area contributed by atoms with Gasteiger partial charge in [0.1, 0.15) is 6.29 Å². The maximum absolute atomic E-state index is 9.17. The van der Waals surface area contributed by atoms with E-state index in [9.17, 15) is 4.79 Å². The highest BCUT2D eigenvalue weighted by Crippen LogP contribution is 1.53. The van der Waals surface area contributed by atoms with Crippen molar-refractivity contribution in [3.8, 4) is 0 Å². The number of carbonyl (C=O) groups excluding carboxylic acids is 1. The average molecular weight is 86.1 g/mol. The topological polar surface area (TPSA) is 64.7 Å². The first-order valence-corrected chi connectivity index (χ1v) is 1.55. The van der Waals surface area contributed by atoms with Gasteiger partial charge in [0.15, 0.2) is 0 Å². The van der Waals surface area contributed by atoms with Gasteiger partial charge in [0.05, 0.1) is 0 Å². The van der Waals surface area contributed by atoms with Gasteiger partial charge in [-0.25, -0.2) is 0 Å². The normalized spacial score (nSPS) is 4.50. The van der Waals surface area contributed by atoms with Crippen molar-refractivity contribution in [1.29, 1.82) is 10.8 Å². The molecule has 0 N–H and O–H groups in total. The molecule has 0 aromatic heterocycles. The molecule has 3 nitrogen and oxygen atoms in total. The Morgan fingerprint density at radius 2 is 1.83 bits per heavy atom. The second-order valence-electron chi connectivity index (χ2n) is 0.575. The maximum atomic E-state index is 9.17. The van der Waals surface area contributed by atoms with E-state index in [-0.39, 0.29) is 0 Å². The first-order valence-electron chi connectivity index (χ1n) is 1.55. The predicted octanol–water partition coefficient (Wildman–Crippen LogP) is 0.625. The van der Waals surface area contributed by atoms with Gasteiger partial charge in [0.2, 0.25) is 0 Å². The molecule has 0 aromatic carbocycles. The molecule has 0 rings (SSSR count). The third-order valence-electron chi connectivity index (χ3n) is 0.167. The van der Waals surface area contributed by atoms with Crippen molar-refractivity contribution in [2.45, 2.75) is 13.3 Å². The lowest BCUT2D eigenvalue weighted by atomic mass is 10.6. The van der Waals surface area contributed by atoms with Crippen LogP contribution in [0.15, 0.2) is 0 Å². The molecule has 0 bridgehead atoms. The molecule has 0 saturated carbocycles. The predicted molar refractivity (Wildman–Crippen MR) is 19.8 cm³/mol. The lowest BCUT2D eigenvalue weighted by Gasteiger charge is -1.51. The molecule has 0 amide bonds. The fourth-order valence-corrected chi connectivity index (χ4v) is 0. The van der Waals surface area contributed by atoms with E-state index in [0.717, 1.165) is 6.29 Å². The highest BCUT2D eigenvalue weighted by Gasteiger charge is 1.52. The number of carbonyl (C=O) groups is 1. The SMILES string of the molecule is CCC=O.N#N. The quantitative estimate of drug-likeness (QED) is 0.347. The molecule has 0 radical (unpaired) electrons. The summed E-state index contributed by atoms with van der Waals surface area (Å²) in [5.41, 5.74) is 0. The summed E-state index contributed by atoms with van der Waals surface area (Å²) in [4.78, 5) is 9.17. The van der Waals surface area contributed by atoms with Crippen LogP contribution in [0.4, 0.5) is 0 Å². The summed E-state index contributed by atoms with van der Waals surface area (Å²) in [6, 6.07) is 0. The smallest absolute Gasteiger partial charge is 0.119 e. The van der Waals surface area contributed by atoms with Gasteiger partial charge in [-0.3, -0.25) is 0 Å². The minimum Gasteiger partial charge on any atom is -0.303 e. The molecular formula is C3H6N2O. The van der Waals surface area contributed by atoms with Crippen LogP contribution >= 0.6 is 0 Å². The third-order valence-corrected chi connectivity index (χ3v) is 0.167. The van der Waals surface area contributed by atoms with Gasteiger partial charge >= 0.3 is 0 Å². The first-order chi connectivity index (χ1) is 2.91. The number of nitrogens with zero attached hydrogens (tertiary/aromatic N) is 2. The number of aldehydes is 1. The highest BCUT2D eigenvalue weighted by molar-refractivity contribution is 5.48. The van der Waals surface area contributed by atoms with Gasteiger partial charge in [-0.05, 0) is 0 Å². The second-order valence-corrected chi connectivity index (χ2v) is 0.575. The van der Waals surface area contributed by atoms with Gasteiger partial charge < -0.3 is 4.79 Å². The molecule has 0 spiro atoms. The molecule has 0 heterocycles. The minimum absolute atomic E-state index is 0.639. The third kappa shape index (κ3) is 1670. The zero-order valence-electron chi connectivity index (χ0n) is 3.59. The van der Waals surface area contributed by atoms with E-state index in [0.29, 0.717) is 6.42 Å². The van der Waals surface area contributed by atoms with E-state index >= 15 is 0 Å². The van der Waals surface area contributed by atoms with E-state index in [1.807, 2.05) is 6.92 Å². The minimum atomic E-state index is 0.639. The molecule has 0 aliphatic heterocycles. The van der Waals surface area contributed by atoms with Gasteiger partial charge in [0.25, 0.3) is 0 Å². The number of rotatable bonds is 1. The summed E-state index contributed by atoms with van der Waals surface area (Å²) in [7, 11) is 0. The monoisotopic (exact) mass is 86.0 g/mol. The lowest BCUT2D eigenvalue weighted by molar-refractivity contribution is -0.107. The first kappa shape index (κ1) is 8.92. The summed E-state index contributed by atoms with van der Waals surface area (Å²) in [5.74, 6) is 0. The molecule has 0 aliphatic rings. The van der Waals surface area contributed by atoms with E-state index < -0.39 is 0 Å². The Hall–Kier alpha value is -0.910. The van der Waals surface area contributed by atoms with Crippen LogP contribution in [0.3, 0.4) is 0 Å². The maximum Gasteiger partial charge on any atom is 0.119 e. The Bertz CT molecular complexity index is 41.3. The summed E-state index contributed by atoms with van der Waals surface area (Å²) >= 11 is 0. The Kier molecular flexibility index (Phi) is 48.9. The summed E-state index contributed by atoms with van der Waals surface area (Å²) in [6.07, 6.45) is 1.51. The van der Waals surface area contributed by atoms with Gasteiger partial charge in [0, 0.05) is 17.2 Å². The summed E-state index contributed by atoms with van der Waals surface area (Å²) in [6.45, 7) is 1.81. The van der Waals surface area contributed by atoms with Gasteiger partial charge in [-0.15, -0.1) is 0 Å². The Morgan fingerprint density at radius 1 is 1.67 bits per heavy atom. The van der Waals surface area contributed by atoms with Crippen LogP contribution in [0.2, 0.25) is 0 Å². The Balaban J connectivity index is 0. The Morgan fingerprint density at radius 3 is 1.83 bits per heavy atom. The van der Waals surface area contributed by atoms with Gasteiger partial charge in [-0.1, -0.05) is 6.92 Å². The van der Waals surface area contributed by atoms with E-state index in [1.165, 1.54) is 0 Å². The van der Waals surface area contributed by atoms with Crippen molar-refractivity contribution in [2.75, 3.05) is 0 Å². The zero-order chi connectivity index (χ0) is 5.41. The molecule has 6 heavy (non-hydrogen) atoms. The van der Waals surface area contributed by atoms with Crippen molar-refractivity contribution in [3.63, 3.8) is 0 Å². The average Bonchev–Trinajstić information content (AvgIpc) is 1.72. The van der Waals surface area contributed by atoms with Crippen molar-refractivity contribution < 1.29 is 4.79 Å². The molecule has 0 atom stereocenters. The van der Waals surface area contributed by atoms with Crippen LogP contribution in [0.1, 0.15) is 13.3 Å². The molecule has 0 unspecified atom stereocenters. The summed E-state index contributed by atoms with van der Waals surface area (Å²) < 4.78 is 0. The van der Waals surface area contributed by atoms with Crippen molar-refractivity contribution >= 4 is 6.29 Å². The molecular weight excluding hydrogens is 80.0 g/mol. The van der Waals surface area contributed by atoms with Crippen molar-refractivity contribution in [3.05, 3.63) is 0 Å². The number of hydrogen-bond acceptors (Lipinski definition) is 3.